The summed E-state index contributed by atoms with van der Waals surface area (Å²) in [5.41, 5.74) is -0.673. The average Bonchev–Trinajstić information content (AvgIpc) is 2.54. The molecule has 1 fully saturated rings. The highest BCUT2D eigenvalue weighted by Gasteiger charge is 2.41. The Bertz CT molecular complexity index is 366. The molecule has 1 aliphatic heterocycles. The number of rotatable bonds is 2. The van der Waals surface area contributed by atoms with Crippen LogP contribution in [-0.2, 0) is 9.53 Å². The lowest BCUT2D eigenvalue weighted by molar-refractivity contribution is -0.133. The van der Waals surface area contributed by atoms with Gasteiger partial charge in [0.2, 0.25) is 5.91 Å². The minimum atomic E-state index is -2.83. The van der Waals surface area contributed by atoms with E-state index in [1.165, 1.54) is 6.92 Å². The van der Waals surface area contributed by atoms with E-state index in [4.69, 9.17) is 4.74 Å². The van der Waals surface area contributed by atoms with Gasteiger partial charge in [-0.2, -0.15) is 0 Å². The van der Waals surface area contributed by atoms with E-state index in [0.29, 0.717) is 0 Å². The van der Waals surface area contributed by atoms with Crippen molar-refractivity contribution in [3.8, 4) is 0 Å². The van der Waals surface area contributed by atoms with E-state index >= 15 is 0 Å². The molecule has 1 saturated heterocycles. The van der Waals surface area contributed by atoms with Crippen LogP contribution in [0.15, 0.2) is 0 Å². The highest BCUT2D eigenvalue weighted by atomic mass is 19.3. The van der Waals surface area contributed by atoms with Crippen molar-refractivity contribution < 1.29 is 23.1 Å². The number of amides is 2. The van der Waals surface area contributed by atoms with Crippen molar-refractivity contribution in [2.45, 2.75) is 51.7 Å². The number of alkyl halides is 2. The molecule has 0 saturated carbocycles. The number of carbonyl (C=O) groups excluding carboxylic acids is 2. The molecule has 0 bridgehead atoms. The number of alkyl carbamates (subject to hydrolysis) is 1. The first-order valence-corrected chi connectivity index (χ1v) is 6.16. The van der Waals surface area contributed by atoms with Crippen molar-refractivity contribution in [1.82, 2.24) is 10.2 Å². The summed E-state index contributed by atoms with van der Waals surface area (Å²) in [6.07, 6.45) is -1.07. The SMILES string of the molecule is C[C@@H](NC(=O)OC(C)(C)C)C(=O)N1CCC(F)(F)C1. The van der Waals surface area contributed by atoms with Crippen LogP contribution in [0, 0.1) is 0 Å². The Morgan fingerprint density at radius 3 is 2.37 bits per heavy atom. The lowest BCUT2D eigenvalue weighted by Gasteiger charge is -2.24. The zero-order valence-corrected chi connectivity index (χ0v) is 11.6. The third-order valence-electron chi connectivity index (χ3n) is 2.59. The second-order valence-electron chi connectivity index (χ2n) is 5.73. The Morgan fingerprint density at radius 2 is 1.95 bits per heavy atom. The second kappa shape index (κ2) is 5.30. The van der Waals surface area contributed by atoms with Crippen molar-refractivity contribution in [2.75, 3.05) is 13.1 Å². The van der Waals surface area contributed by atoms with Crippen LogP contribution >= 0.6 is 0 Å². The fraction of sp³-hybridized carbons (Fsp3) is 0.833. The van der Waals surface area contributed by atoms with Crippen LogP contribution in [0.4, 0.5) is 13.6 Å². The van der Waals surface area contributed by atoms with Crippen LogP contribution in [0.5, 0.6) is 0 Å². The van der Waals surface area contributed by atoms with Gasteiger partial charge in [0.25, 0.3) is 5.92 Å². The lowest BCUT2D eigenvalue weighted by atomic mass is 10.2. The van der Waals surface area contributed by atoms with Crippen LogP contribution in [0.2, 0.25) is 0 Å². The summed E-state index contributed by atoms with van der Waals surface area (Å²) >= 11 is 0. The van der Waals surface area contributed by atoms with Gasteiger partial charge in [0.1, 0.15) is 11.6 Å². The fourth-order valence-corrected chi connectivity index (χ4v) is 1.74. The van der Waals surface area contributed by atoms with Crippen LogP contribution in [0.25, 0.3) is 0 Å². The zero-order chi connectivity index (χ0) is 14.8. The summed E-state index contributed by atoms with van der Waals surface area (Å²) in [6.45, 7) is 5.95. The van der Waals surface area contributed by atoms with Gasteiger partial charge >= 0.3 is 6.09 Å². The van der Waals surface area contributed by atoms with Gasteiger partial charge in [-0.1, -0.05) is 0 Å². The van der Waals surface area contributed by atoms with Gasteiger partial charge < -0.3 is 15.0 Å². The molecule has 1 N–H and O–H groups in total. The number of likely N-dealkylation sites (tertiary alicyclic amines) is 1. The van der Waals surface area contributed by atoms with E-state index < -0.39 is 36.1 Å². The molecule has 19 heavy (non-hydrogen) atoms. The quantitative estimate of drug-likeness (QED) is 0.837. The van der Waals surface area contributed by atoms with E-state index in [2.05, 4.69) is 5.32 Å². The van der Waals surface area contributed by atoms with Crippen molar-refractivity contribution in [3.05, 3.63) is 0 Å². The van der Waals surface area contributed by atoms with Gasteiger partial charge in [-0.15, -0.1) is 0 Å². The summed E-state index contributed by atoms with van der Waals surface area (Å²) in [4.78, 5) is 24.4. The molecular weight excluding hydrogens is 258 g/mol. The number of ether oxygens (including phenoxy) is 1. The number of carbonyl (C=O) groups is 2. The highest BCUT2D eigenvalue weighted by Crippen LogP contribution is 2.27. The Hall–Kier alpha value is -1.40. The standard InChI is InChI=1S/C12H20F2N2O3/c1-8(15-10(18)19-11(2,3)4)9(17)16-6-5-12(13,14)7-16/h8H,5-7H2,1-4H3,(H,15,18)/t8-/m1/s1. The van der Waals surface area contributed by atoms with Crippen molar-refractivity contribution in [3.63, 3.8) is 0 Å². The molecule has 0 unspecified atom stereocenters. The largest absolute Gasteiger partial charge is 0.444 e. The normalized spacial score (nSPS) is 20.0. The van der Waals surface area contributed by atoms with E-state index in [-0.39, 0.29) is 13.0 Å². The molecule has 1 rings (SSSR count). The van der Waals surface area contributed by atoms with Crippen molar-refractivity contribution in [1.29, 1.82) is 0 Å². The van der Waals surface area contributed by atoms with Crippen LogP contribution in [-0.4, -0.2) is 47.6 Å². The first-order valence-electron chi connectivity index (χ1n) is 6.16. The summed E-state index contributed by atoms with van der Waals surface area (Å²) in [6, 6.07) is -0.885. The summed E-state index contributed by atoms with van der Waals surface area (Å²) in [7, 11) is 0. The molecule has 1 heterocycles. The van der Waals surface area contributed by atoms with Crippen LogP contribution in [0.3, 0.4) is 0 Å². The maximum atomic E-state index is 13.0. The Labute approximate surface area is 111 Å². The molecule has 0 aromatic carbocycles. The molecule has 0 radical (unpaired) electrons. The number of nitrogens with one attached hydrogen (secondary N) is 1. The van der Waals surface area contributed by atoms with Crippen LogP contribution < -0.4 is 5.32 Å². The van der Waals surface area contributed by atoms with E-state index in [1.54, 1.807) is 20.8 Å². The third kappa shape index (κ3) is 5.00. The summed E-state index contributed by atoms with van der Waals surface area (Å²) < 4.78 is 31.0. The molecule has 0 aliphatic carbocycles. The third-order valence-corrected chi connectivity index (χ3v) is 2.59. The smallest absolute Gasteiger partial charge is 0.408 e. The van der Waals surface area contributed by atoms with Crippen molar-refractivity contribution >= 4 is 12.0 Å². The van der Waals surface area contributed by atoms with Gasteiger partial charge in [-0.25, -0.2) is 13.6 Å². The number of hydrogen-bond donors (Lipinski definition) is 1. The second-order valence-corrected chi connectivity index (χ2v) is 5.73. The molecule has 0 aromatic heterocycles. The number of halogens is 2. The molecule has 5 nitrogen and oxygen atoms in total. The molecule has 1 aliphatic rings. The average molecular weight is 278 g/mol. The minimum Gasteiger partial charge on any atom is -0.444 e. The Kier molecular flexibility index (Phi) is 4.37. The van der Waals surface area contributed by atoms with E-state index in [1.807, 2.05) is 0 Å². The number of hydrogen-bond acceptors (Lipinski definition) is 3. The van der Waals surface area contributed by atoms with Gasteiger partial charge in [-0.05, 0) is 27.7 Å². The van der Waals surface area contributed by atoms with Gasteiger partial charge in [0.05, 0.1) is 6.54 Å². The molecule has 0 aromatic rings. The monoisotopic (exact) mass is 278 g/mol. The van der Waals surface area contributed by atoms with Gasteiger partial charge in [-0.3, -0.25) is 4.79 Å². The predicted octanol–water partition coefficient (Wildman–Crippen LogP) is 1.77. The molecule has 1 atom stereocenters. The molecule has 7 heteroatoms. The zero-order valence-electron chi connectivity index (χ0n) is 11.6. The van der Waals surface area contributed by atoms with Gasteiger partial charge in [0, 0.05) is 13.0 Å². The first-order chi connectivity index (χ1) is 8.50. The molecule has 0 spiro atoms. The Morgan fingerprint density at radius 1 is 1.37 bits per heavy atom. The fourth-order valence-electron chi connectivity index (χ4n) is 1.74. The summed E-state index contributed by atoms with van der Waals surface area (Å²) in [5.74, 6) is -3.36. The van der Waals surface area contributed by atoms with Crippen LogP contribution in [0.1, 0.15) is 34.1 Å². The minimum absolute atomic E-state index is 0.00612. The number of nitrogens with zero attached hydrogens (tertiary/aromatic N) is 1. The molecule has 110 valence electrons. The predicted molar refractivity (Wildman–Crippen MR) is 65.0 cm³/mol. The van der Waals surface area contributed by atoms with Crippen molar-refractivity contribution in [2.24, 2.45) is 0 Å². The van der Waals surface area contributed by atoms with E-state index in [0.717, 1.165) is 4.90 Å². The maximum Gasteiger partial charge on any atom is 0.408 e. The topological polar surface area (TPSA) is 58.6 Å². The molecule has 2 amide bonds. The summed E-state index contributed by atoms with van der Waals surface area (Å²) in [5, 5.41) is 2.34. The Balaban J connectivity index is 2.48. The van der Waals surface area contributed by atoms with E-state index in [9.17, 15) is 18.4 Å². The first kappa shape index (κ1) is 15.7. The molecular formula is C12H20F2N2O3. The maximum absolute atomic E-state index is 13.0. The lowest BCUT2D eigenvalue weighted by Crippen LogP contribution is -2.48. The van der Waals surface area contributed by atoms with Gasteiger partial charge in [0.15, 0.2) is 0 Å². The highest BCUT2D eigenvalue weighted by molar-refractivity contribution is 5.85.